The number of aromatic hydroxyl groups is 1. The highest BCUT2D eigenvalue weighted by atomic mass is 32.1. The fraction of sp³-hybridized carbons (Fsp3) is 0.0435. The molecule has 0 radical (unpaired) electrons. The Morgan fingerprint density at radius 2 is 1.97 bits per heavy atom. The summed E-state index contributed by atoms with van der Waals surface area (Å²) in [6, 6.07) is 17.4. The van der Waals surface area contributed by atoms with Crippen molar-refractivity contribution < 1.29 is 5.11 Å². The van der Waals surface area contributed by atoms with Gasteiger partial charge in [-0.15, -0.1) is 11.3 Å². The van der Waals surface area contributed by atoms with Gasteiger partial charge in [-0.05, 0) is 31.2 Å². The summed E-state index contributed by atoms with van der Waals surface area (Å²) in [5.41, 5.74) is 7.70. The van der Waals surface area contributed by atoms with Crippen molar-refractivity contribution in [2.24, 2.45) is 4.99 Å². The fourth-order valence-corrected chi connectivity index (χ4v) is 3.94. The van der Waals surface area contributed by atoms with E-state index >= 15 is 0 Å². The molecule has 5 rings (SSSR count). The average Bonchev–Trinajstić information content (AvgIpc) is 3.40. The third kappa shape index (κ3) is 3.35. The number of rotatable bonds is 4. The van der Waals surface area contributed by atoms with Gasteiger partial charge in [0, 0.05) is 23.7 Å². The van der Waals surface area contributed by atoms with E-state index in [1.165, 1.54) is 11.3 Å². The van der Waals surface area contributed by atoms with E-state index < -0.39 is 0 Å². The molecule has 0 amide bonds. The minimum absolute atomic E-state index is 0.0346. The van der Waals surface area contributed by atoms with Crippen molar-refractivity contribution in [2.75, 3.05) is 0 Å². The third-order valence-corrected chi connectivity index (χ3v) is 5.51. The summed E-state index contributed by atoms with van der Waals surface area (Å²) in [6.07, 6.45) is 3.52. The molecule has 0 unspecified atom stereocenters. The van der Waals surface area contributed by atoms with Crippen LogP contribution < -0.4 is 0 Å². The van der Waals surface area contributed by atoms with E-state index in [2.05, 4.69) is 15.0 Å². The zero-order valence-electron chi connectivity index (χ0n) is 16.1. The topological polar surface area (TPSA) is 87.0 Å². The minimum atomic E-state index is 0.0346. The second-order valence-corrected chi connectivity index (χ2v) is 7.68. The van der Waals surface area contributed by atoms with E-state index in [1.54, 1.807) is 17.9 Å². The van der Waals surface area contributed by atoms with Crippen LogP contribution in [0.2, 0.25) is 0 Å². The van der Waals surface area contributed by atoms with Crippen LogP contribution in [-0.2, 0) is 0 Å². The van der Waals surface area contributed by atoms with Crippen LogP contribution in [0.5, 0.6) is 5.88 Å². The smallest absolute Gasteiger partial charge is 0.200 e. The number of fused-ring (bicyclic) bond motifs is 1. The van der Waals surface area contributed by atoms with Gasteiger partial charge in [-0.2, -0.15) is 0 Å². The predicted molar refractivity (Wildman–Crippen MR) is 120 cm³/mol. The first-order valence-electron chi connectivity index (χ1n) is 9.37. The van der Waals surface area contributed by atoms with Crippen molar-refractivity contribution in [3.63, 3.8) is 0 Å². The van der Waals surface area contributed by atoms with Gasteiger partial charge in [-0.25, -0.2) is 9.98 Å². The molecule has 0 aliphatic carbocycles. The van der Waals surface area contributed by atoms with E-state index in [0.717, 1.165) is 33.0 Å². The lowest BCUT2D eigenvalue weighted by atomic mass is 10.0. The lowest BCUT2D eigenvalue weighted by Crippen LogP contribution is -2.03. The van der Waals surface area contributed by atoms with Gasteiger partial charge >= 0.3 is 0 Å². The number of hydrogen-bond donors (Lipinski definition) is 2. The molecule has 0 spiro atoms. The van der Waals surface area contributed by atoms with Gasteiger partial charge in [0.1, 0.15) is 5.52 Å². The standard InChI is InChI=1S/C23H17N5OS/c1-14-11-16(9-10-25-14)26-21(15-5-3-2-4-6-15)20-22-18(28-23(20)29)8-7-17(27-22)19-12-24-13-30-19/h2-13,28-29H,1H3. The van der Waals surface area contributed by atoms with Gasteiger partial charge < -0.3 is 10.1 Å². The molecule has 0 bridgehead atoms. The van der Waals surface area contributed by atoms with Crippen molar-refractivity contribution in [3.05, 3.63) is 89.3 Å². The largest absolute Gasteiger partial charge is 0.494 e. The number of nitrogens with one attached hydrogen (secondary N) is 1. The normalized spacial score (nSPS) is 11.8. The lowest BCUT2D eigenvalue weighted by molar-refractivity contribution is 0.457. The summed E-state index contributed by atoms with van der Waals surface area (Å²) in [5, 5.41) is 10.8. The summed E-state index contributed by atoms with van der Waals surface area (Å²) in [7, 11) is 0. The number of benzene rings is 1. The number of aromatic nitrogens is 4. The van der Waals surface area contributed by atoms with Crippen molar-refractivity contribution in [2.45, 2.75) is 6.92 Å². The Labute approximate surface area is 176 Å². The monoisotopic (exact) mass is 411 g/mol. The quantitative estimate of drug-likeness (QED) is 0.395. The lowest BCUT2D eigenvalue weighted by Gasteiger charge is -2.08. The number of nitrogens with zero attached hydrogens (tertiary/aromatic N) is 4. The van der Waals surface area contributed by atoms with Crippen LogP contribution in [0.3, 0.4) is 0 Å². The van der Waals surface area contributed by atoms with Crippen LogP contribution in [0, 0.1) is 6.92 Å². The van der Waals surface area contributed by atoms with Gasteiger partial charge in [0.05, 0.1) is 38.6 Å². The molecule has 5 aromatic rings. The maximum Gasteiger partial charge on any atom is 0.200 e. The van der Waals surface area contributed by atoms with E-state index in [1.807, 2.05) is 61.5 Å². The third-order valence-electron chi connectivity index (χ3n) is 4.71. The number of pyridine rings is 2. The molecule has 0 aliphatic rings. The first-order valence-corrected chi connectivity index (χ1v) is 10.2. The SMILES string of the molecule is Cc1cc(N=C(c2ccccc2)c2c(O)[nH]c3ccc(-c4cncs4)nc23)ccn1. The van der Waals surface area contributed by atoms with Crippen LogP contribution in [0.25, 0.3) is 21.6 Å². The summed E-state index contributed by atoms with van der Waals surface area (Å²) < 4.78 is 0. The number of H-pyrrole nitrogens is 1. The van der Waals surface area contributed by atoms with Crippen molar-refractivity contribution in [3.8, 4) is 16.5 Å². The first-order chi connectivity index (χ1) is 14.7. The zero-order valence-corrected chi connectivity index (χ0v) is 16.9. The number of aromatic amines is 1. The van der Waals surface area contributed by atoms with E-state index in [4.69, 9.17) is 9.98 Å². The molecule has 0 fully saturated rings. The molecule has 6 nitrogen and oxygen atoms in total. The Morgan fingerprint density at radius 3 is 2.73 bits per heavy atom. The molecule has 1 aromatic carbocycles. The Bertz CT molecular complexity index is 1360. The molecule has 0 atom stereocenters. The summed E-state index contributed by atoms with van der Waals surface area (Å²) >= 11 is 1.52. The molecule has 0 saturated heterocycles. The first kappa shape index (κ1) is 18.2. The highest BCUT2D eigenvalue weighted by Gasteiger charge is 2.20. The minimum Gasteiger partial charge on any atom is -0.494 e. The molecule has 4 heterocycles. The van der Waals surface area contributed by atoms with Gasteiger partial charge in [-0.1, -0.05) is 30.3 Å². The second kappa shape index (κ2) is 7.53. The van der Waals surface area contributed by atoms with Crippen molar-refractivity contribution in [1.29, 1.82) is 0 Å². The number of aliphatic imine (C=N–C) groups is 1. The van der Waals surface area contributed by atoms with Gasteiger partial charge in [-0.3, -0.25) is 9.97 Å². The molecule has 0 aliphatic heterocycles. The summed E-state index contributed by atoms with van der Waals surface area (Å²) in [6.45, 7) is 1.92. The fourth-order valence-electron chi connectivity index (χ4n) is 3.35. The maximum absolute atomic E-state index is 10.8. The van der Waals surface area contributed by atoms with E-state index in [0.29, 0.717) is 16.8 Å². The highest BCUT2D eigenvalue weighted by molar-refractivity contribution is 7.13. The number of hydrogen-bond acceptors (Lipinski definition) is 6. The Morgan fingerprint density at radius 1 is 1.10 bits per heavy atom. The highest BCUT2D eigenvalue weighted by Crippen LogP contribution is 2.32. The molecule has 2 N–H and O–H groups in total. The van der Waals surface area contributed by atoms with Crippen molar-refractivity contribution in [1.82, 2.24) is 19.9 Å². The second-order valence-electron chi connectivity index (χ2n) is 6.79. The molecule has 0 saturated carbocycles. The zero-order chi connectivity index (χ0) is 20.5. The summed E-state index contributed by atoms with van der Waals surface area (Å²) in [5.74, 6) is 0.0346. The number of thiazole rings is 1. The Kier molecular flexibility index (Phi) is 4.57. The molecule has 4 aromatic heterocycles. The molecule has 7 heteroatoms. The van der Waals surface area contributed by atoms with E-state index in [-0.39, 0.29) is 5.88 Å². The van der Waals surface area contributed by atoms with Crippen LogP contribution in [-0.4, -0.2) is 30.8 Å². The Hall–Kier alpha value is -3.84. The van der Waals surface area contributed by atoms with Crippen molar-refractivity contribution >= 4 is 33.8 Å². The van der Waals surface area contributed by atoms with Gasteiger partial charge in [0.25, 0.3) is 0 Å². The predicted octanol–water partition coefficient (Wildman–Crippen LogP) is 5.26. The van der Waals surface area contributed by atoms with Crippen LogP contribution >= 0.6 is 11.3 Å². The van der Waals surface area contributed by atoms with Gasteiger partial charge in [0.2, 0.25) is 5.88 Å². The molecular weight excluding hydrogens is 394 g/mol. The average molecular weight is 411 g/mol. The van der Waals surface area contributed by atoms with Crippen LogP contribution in [0.4, 0.5) is 5.69 Å². The van der Waals surface area contributed by atoms with Crippen LogP contribution in [0.1, 0.15) is 16.8 Å². The number of aryl methyl sites for hydroxylation is 1. The Balaban J connectivity index is 1.77. The summed E-state index contributed by atoms with van der Waals surface area (Å²) in [4.78, 5) is 22.1. The maximum atomic E-state index is 10.8. The molecular formula is C23H17N5OS. The van der Waals surface area contributed by atoms with Gasteiger partial charge in [0.15, 0.2) is 0 Å². The van der Waals surface area contributed by atoms with Crippen LogP contribution in [0.15, 0.2) is 77.5 Å². The van der Waals surface area contributed by atoms with E-state index in [9.17, 15) is 5.11 Å². The molecule has 30 heavy (non-hydrogen) atoms. The molecule has 146 valence electrons.